The molecule has 0 aliphatic carbocycles. The van der Waals surface area contributed by atoms with E-state index in [-0.39, 0.29) is 0 Å². The number of aliphatic carboxylic acids is 1. The first-order chi connectivity index (χ1) is 7.07. The third-order valence-electron chi connectivity index (χ3n) is 2.55. The van der Waals surface area contributed by atoms with E-state index in [1.807, 2.05) is 0 Å². The van der Waals surface area contributed by atoms with Crippen molar-refractivity contribution in [1.82, 2.24) is 5.32 Å². The molecule has 0 amide bonds. The number of carboxylic acid groups (broad SMARTS) is 1. The van der Waals surface area contributed by atoms with E-state index in [4.69, 9.17) is 10.8 Å². The van der Waals surface area contributed by atoms with E-state index >= 15 is 0 Å². The van der Waals surface area contributed by atoms with Gasteiger partial charge in [0.15, 0.2) is 5.78 Å². The molecule has 1 aliphatic heterocycles. The molecule has 1 rings (SSSR count). The van der Waals surface area contributed by atoms with Crippen molar-refractivity contribution >= 4 is 18.0 Å². The van der Waals surface area contributed by atoms with Crippen LogP contribution in [0.25, 0.3) is 0 Å². The van der Waals surface area contributed by atoms with Crippen molar-refractivity contribution in [3.05, 3.63) is 0 Å². The molecule has 15 heavy (non-hydrogen) atoms. The van der Waals surface area contributed by atoms with Crippen LogP contribution in [0.3, 0.4) is 0 Å². The first-order valence-corrected chi connectivity index (χ1v) is 4.78. The quantitative estimate of drug-likeness (QED) is 0.381. The minimum atomic E-state index is -1.45. The molecule has 3 atom stereocenters. The Bertz CT molecular complexity index is 273. The molecule has 0 aromatic carbocycles. The van der Waals surface area contributed by atoms with Gasteiger partial charge in [0.1, 0.15) is 18.2 Å². The first-order valence-electron chi connectivity index (χ1n) is 4.78. The summed E-state index contributed by atoms with van der Waals surface area (Å²) in [7, 11) is 0. The van der Waals surface area contributed by atoms with E-state index in [9.17, 15) is 14.4 Å². The Morgan fingerprint density at radius 2 is 2.20 bits per heavy atom. The molecule has 0 aromatic heterocycles. The van der Waals surface area contributed by atoms with Gasteiger partial charge in [-0.05, 0) is 19.4 Å². The summed E-state index contributed by atoms with van der Waals surface area (Å²) in [6, 6.07) is -1.87. The highest BCUT2D eigenvalue weighted by atomic mass is 16.4. The summed E-state index contributed by atoms with van der Waals surface area (Å²) < 4.78 is 0. The third kappa shape index (κ3) is 2.60. The number of nitrogens with one attached hydrogen (secondary N) is 1. The van der Waals surface area contributed by atoms with Gasteiger partial charge in [0, 0.05) is 0 Å². The van der Waals surface area contributed by atoms with Gasteiger partial charge in [-0.2, -0.15) is 0 Å². The number of hydrogen-bond donors (Lipinski definition) is 3. The fourth-order valence-electron chi connectivity index (χ4n) is 1.64. The van der Waals surface area contributed by atoms with Crippen LogP contribution in [0.4, 0.5) is 0 Å². The third-order valence-corrected chi connectivity index (χ3v) is 2.55. The molecule has 84 valence electrons. The van der Waals surface area contributed by atoms with Gasteiger partial charge in [-0.1, -0.05) is 0 Å². The zero-order valence-corrected chi connectivity index (χ0v) is 8.18. The number of carbonyl (C=O) groups is 3. The van der Waals surface area contributed by atoms with Crippen molar-refractivity contribution in [3.8, 4) is 0 Å². The van der Waals surface area contributed by atoms with Crippen LogP contribution in [-0.4, -0.2) is 41.8 Å². The molecule has 0 saturated carbocycles. The summed E-state index contributed by atoms with van der Waals surface area (Å²) in [5, 5.41) is 11.5. The van der Waals surface area contributed by atoms with Crippen LogP contribution in [0.15, 0.2) is 0 Å². The molecule has 0 radical (unpaired) electrons. The van der Waals surface area contributed by atoms with Gasteiger partial charge in [-0.25, -0.2) is 0 Å². The van der Waals surface area contributed by atoms with Crippen molar-refractivity contribution in [1.29, 1.82) is 0 Å². The molecule has 1 aliphatic rings. The van der Waals surface area contributed by atoms with Crippen LogP contribution in [-0.2, 0) is 14.4 Å². The topological polar surface area (TPSA) is 109 Å². The number of aldehydes is 1. The average molecular weight is 214 g/mol. The number of nitrogens with two attached hydrogens (primary N) is 1. The van der Waals surface area contributed by atoms with E-state index < -0.39 is 29.8 Å². The summed E-state index contributed by atoms with van der Waals surface area (Å²) in [5.41, 5.74) is 5.26. The van der Waals surface area contributed by atoms with E-state index in [0.717, 1.165) is 6.42 Å². The van der Waals surface area contributed by atoms with Gasteiger partial charge < -0.3 is 21.0 Å². The lowest BCUT2D eigenvalue weighted by atomic mass is 9.92. The first kappa shape index (κ1) is 11.8. The fourth-order valence-corrected chi connectivity index (χ4v) is 1.64. The van der Waals surface area contributed by atoms with E-state index in [2.05, 4.69) is 5.32 Å². The summed E-state index contributed by atoms with van der Waals surface area (Å²) in [6.45, 7) is 0.713. The summed E-state index contributed by atoms with van der Waals surface area (Å²) >= 11 is 0. The minimum Gasteiger partial charge on any atom is -0.480 e. The maximum atomic E-state index is 11.7. The number of carbonyl (C=O) groups excluding carboxylic acids is 2. The largest absolute Gasteiger partial charge is 0.480 e. The van der Waals surface area contributed by atoms with E-state index in [1.54, 1.807) is 0 Å². The maximum absolute atomic E-state index is 11.7. The fraction of sp³-hybridized carbons (Fsp3) is 0.667. The Morgan fingerprint density at radius 1 is 1.53 bits per heavy atom. The summed E-state index contributed by atoms with van der Waals surface area (Å²) in [4.78, 5) is 32.9. The predicted octanol–water partition coefficient (Wildman–Crippen LogP) is -1.47. The number of hydrogen-bond acceptors (Lipinski definition) is 5. The van der Waals surface area contributed by atoms with E-state index in [0.29, 0.717) is 19.3 Å². The molecule has 1 heterocycles. The zero-order valence-electron chi connectivity index (χ0n) is 8.18. The Hall–Kier alpha value is -1.27. The van der Waals surface area contributed by atoms with Gasteiger partial charge in [0.25, 0.3) is 0 Å². The van der Waals surface area contributed by atoms with E-state index in [1.165, 1.54) is 0 Å². The normalized spacial score (nSPS) is 24.5. The Kier molecular flexibility index (Phi) is 3.93. The molecule has 4 N–H and O–H groups in total. The highest BCUT2D eigenvalue weighted by Gasteiger charge is 2.35. The lowest BCUT2D eigenvalue weighted by molar-refractivity contribution is -0.144. The minimum absolute atomic E-state index is 0.321. The standard InChI is InChI=1S/C9H14N2O4/c10-7(9(14)15)5(4-12)8(13)6-2-1-3-11-6/h4-7,11H,1-3,10H2,(H,14,15)/t5?,6-,7?/m0/s1. The highest BCUT2D eigenvalue weighted by Crippen LogP contribution is 2.12. The van der Waals surface area contributed by atoms with Gasteiger partial charge >= 0.3 is 5.97 Å². The van der Waals surface area contributed by atoms with Gasteiger partial charge in [-0.15, -0.1) is 0 Å². The number of carboxylic acids is 1. The molecular weight excluding hydrogens is 200 g/mol. The highest BCUT2D eigenvalue weighted by molar-refractivity contribution is 6.01. The van der Waals surface area contributed by atoms with Crippen LogP contribution in [0.1, 0.15) is 12.8 Å². The second-order valence-electron chi connectivity index (χ2n) is 3.58. The SMILES string of the molecule is NC(C(=O)O)C(C=O)C(=O)[C@@H]1CCCN1. The maximum Gasteiger partial charge on any atom is 0.321 e. The molecule has 1 fully saturated rings. The molecule has 6 heteroatoms. The van der Waals surface area contributed by atoms with Crippen molar-refractivity contribution in [3.63, 3.8) is 0 Å². The number of Topliss-reactive ketones (excluding diaryl/α,β-unsaturated/α-hetero) is 1. The molecule has 0 spiro atoms. The molecule has 6 nitrogen and oxygen atoms in total. The number of ketones is 1. The van der Waals surface area contributed by atoms with Crippen LogP contribution < -0.4 is 11.1 Å². The van der Waals surface area contributed by atoms with Crippen LogP contribution in [0.5, 0.6) is 0 Å². The predicted molar refractivity (Wildman–Crippen MR) is 51.2 cm³/mol. The zero-order chi connectivity index (χ0) is 11.4. The lowest BCUT2D eigenvalue weighted by Crippen LogP contribution is -2.48. The summed E-state index contributed by atoms with van der Waals surface area (Å²) in [5.74, 6) is -3.01. The van der Waals surface area contributed by atoms with Crippen molar-refractivity contribution < 1.29 is 19.5 Å². The Labute approximate surface area is 86.8 Å². The van der Waals surface area contributed by atoms with Gasteiger partial charge in [-0.3, -0.25) is 9.59 Å². The van der Waals surface area contributed by atoms with Crippen LogP contribution in [0, 0.1) is 5.92 Å². The molecular formula is C9H14N2O4. The monoisotopic (exact) mass is 214 g/mol. The average Bonchev–Trinajstić information content (AvgIpc) is 2.71. The molecule has 1 saturated heterocycles. The second-order valence-corrected chi connectivity index (χ2v) is 3.58. The molecule has 2 unspecified atom stereocenters. The molecule has 0 aromatic rings. The Balaban J connectivity index is 2.68. The summed E-state index contributed by atoms with van der Waals surface area (Å²) in [6.07, 6.45) is 1.81. The van der Waals surface area contributed by atoms with Crippen LogP contribution in [0.2, 0.25) is 0 Å². The van der Waals surface area contributed by atoms with Crippen molar-refractivity contribution in [2.75, 3.05) is 6.54 Å². The molecule has 0 bridgehead atoms. The van der Waals surface area contributed by atoms with Crippen LogP contribution >= 0.6 is 0 Å². The lowest BCUT2D eigenvalue weighted by Gasteiger charge is -2.17. The smallest absolute Gasteiger partial charge is 0.321 e. The van der Waals surface area contributed by atoms with Gasteiger partial charge in [0.2, 0.25) is 0 Å². The van der Waals surface area contributed by atoms with Gasteiger partial charge in [0.05, 0.1) is 6.04 Å². The van der Waals surface area contributed by atoms with Crippen molar-refractivity contribution in [2.24, 2.45) is 11.7 Å². The second kappa shape index (κ2) is 4.99. The number of rotatable bonds is 5. The Morgan fingerprint density at radius 3 is 2.60 bits per heavy atom. The van der Waals surface area contributed by atoms with Crippen molar-refractivity contribution in [2.45, 2.75) is 24.9 Å².